The number of rotatable bonds is 6. The first kappa shape index (κ1) is 17.3. The number of hydrogen-bond donors (Lipinski definition) is 2. The lowest BCUT2D eigenvalue weighted by Crippen LogP contribution is -2.10. The predicted molar refractivity (Wildman–Crippen MR) is 106 cm³/mol. The van der Waals surface area contributed by atoms with Crippen LogP contribution in [0, 0.1) is 26.3 Å². The molecule has 4 rings (SSSR count). The minimum atomic E-state index is 0.320. The summed E-state index contributed by atoms with van der Waals surface area (Å²) in [6.07, 6.45) is 4.26. The monoisotopic (exact) mass is 361 g/mol. The minimum Gasteiger partial charge on any atom is -0.392 e. The van der Waals surface area contributed by atoms with E-state index in [9.17, 15) is 0 Å². The zero-order valence-corrected chi connectivity index (χ0v) is 15.7. The van der Waals surface area contributed by atoms with Crippen LogP contribution in [0.4, 0.5) is 17.3 Å². The molecule has 0 aromatic carbocycles. The maximum Gasteiger partial charge on any atom is 0.268 e. The van der Waals surface area contributed by atoms with E-state index in [1.165, 1.54) is 12.8 Å². The van der Waals surface area contributed by atoms with E-state index in [0.717, 1.165) is 47.1 Å². The smallest absolute Gasteiger partial charge is 0.268 e. The number of anilines is 2. The van der Waals surface area contributed by atoms with Gasteiger partial charge in [0.2, 0.25) is 0 Å². The number of fused-ring (bicyclic) bond motifs is 1. The van der Waals surface area contributed by atoms with Crippen LogP contribution in [-0.4, -0.2) is 26.1 Å². The molecule has 7 nitrogen and oxygen atoms in total. The van der Waals surface area contributed by atoms with Gasteiger partial charge in [-0.15, -0.1) is 0 Å². The highest BCUT2D eigenvalue weighted by Crippen LogP contribution is 2.37. The summed E-state index contributed by atoms with van der Waals surface area (Å²) in [6.45, 7) is 12.1. The molecule has 3 aromatic heterocycles. The van der Waals surface area contributed by atoms with E-state index in [0.29, 0.717) is 23.9 Å². The van der Waals surface area contributed by atoms with E-state index in [1.807, 2.05) is 32.0 Å². The van der Waals surface area contributed by atoms with Crippen molar-refractivity contribution in [3.63, 3.8) is 0 Å². The van der Waals surface area contributed by atoms with Crippen LogP contribution in [0.15, 0.2) is 18.2 Å². The standard InChI is InChI=1S/C20H23N7/c1-12-5-4-6-15(24-12)9-10-23-19-17(22-3)18(21)27-20(25-19)16(13(2)26-27)11-14-7-8-14/h4-6,14H,7-11,21H2,1-2H3,(H,23,25). The summed E-state index contributed by atoms with van der Waals surface area (Å²) >= 11 is 0. The predicted octanol–water partition coefficient (Wildman–Crippen LogP) is 3.48. The van der Waals surface area contributed by atoms with Gasteiger partial charge in [0, 0.05) is 29.9 Å². The highest BCUT2D eigenvalue weighted by molar-refractivity contribution is 5.80. The van der Waals surface area contributed by atoms with Crippen LogP contribution in [-0.2, 0) is 12.8 Å². The fraction of sp³-hybridized carbons (Fsp3) is 0.400. The molecule has 0 unspecified atom stereocenters. The topological polar surface area (TPSA) is 85.5 Å². The quantitative estimate of drug-likeness (QED) is 0.657. The first-order chi connectivity index (χ1) is 13.1. The fourth-order valence-electron chi connectivity index (χ4n) is 3.34. The van der Waals surface area contributed by atoms with Crippen LogP contribution in [0.3, 0.4) is 0 Å². The van der Waals surface area contributed by atoms with Crippen molar-refractivity contribution in [2.24, 2.45) is 5.92 Å². The highest BCUT2D eigenvalue weighted by Gasteiger charge is 2.26. The molecule has 0 amide bonds. The van der Waals surface area contributed by atoms with Gasteiger partial charge in [-0.2, -0.15) is 5.10 Å². The van der Waals surface area contributed by atoms with Crippen molar-refractivity contribution >= 4 is 23.0 Å². The summed E-state index contributed by atoms with van der Waals surface area (Å²) in [5, 5.41) is 7.81. The lowest BCUT2D eigenvalue weighted by Gasteiger charge is -2.11. The maximum absolute atomic E-state index is 7.52. The highest BCUT2D eigenvalue weighted by atomic mass is 15.3. The van der Waals surface area contributed by atoms with Crippen molar-refractivity contribution in [1.29, 1.82) is 0 Å². The maximum atomic E-state index is 7.52. The molecule has 0 aliphatic heterocycles. The van der Waals surface area contributed by atoms with E-state index in [2.05, 4.69) is 20.2 Å². The zero-order chi connectivity index (χ0) is 19.0. The number of nitrogens with one attached hydrogen (secondary N) is 1. The van der Waals surface area contributed by atoms with Crippen LogP contribution in [0.2, 0.25) is 0 Å². The Kier molecular flexibility index (Phi) is 4.40. The molecule has 1 saturated carbocycles. The third kappa shape index (κ3) is 3.43. The Morgan fingerprint density at radius 2 is 2.11 bits per heavy atom. The number of nitrogens with zero attached hydrogens (tertiary/aromatic N) is 5. The van der Waals surface area contributed by atoms with E-state index in [4.69, 9.17) is 17.3 Å². The van der Waals surface area contributed by atoms with Crippen molar-refractivity contribution in [2.75, 3.05) is 17.6 Å². The van der Waals surface area contributed by atoms with Gasteiger partial charge in [-0.3, -0.25) is 4.98 Å². The van der Waals surface area contributed by atoms with E-state index < -0.39 is 0 Å². The molecule has 3 heterocycles. The van der Waals surface area contributed by atoms with Crippen LogP contribution < -0.4 is 11.1 Å². The number of nitrogens with two attached hydrogens (primary N) is 1. The number of nitrogen functional groups attached to an aromatic ring is 1. The van der Waals surface area contributed by atoms with Crippen LogP contribution in [0.1, 0.15) is 35.5 Å². The molecule has 1 aliphatic rings. The lowest BCUT2D eigenvalue weighted by molar-refractivity contribution is 0.829. The van der Waals surface area contributed by atoms with Gasteiger partial charge in [0.15, 0.2) is 5.65 Å². The van der Waals surface area contributed by atoms with Crippen molar-refractivity contribution in [3.05, 3.63) is 52.3 Å². The van der Waals surface area contributed by atoms with Crippen molar-refractivity contribution in [3.8, 4) is 0 Å². The fourth-order valence-corrected chi connectivity index (χ4v) is 3.34. The van der Waals surface area contributed by atoms with Crippen LogP contribution in [0.5, 0.6) is 0 Å². The molecule has 1 fully saturated rings. The van der Waals surface area contributed by atoms with E-state index in [-0.39, 0.29) is 0 Å². The Bertz CT molecular complexity index is 1040. The Balaban J connectivity index is 1.63. The van der Waals surface area contributed by atoms with Gasteiger partial charge in [0.25, 0.3) is 5.69 Å². The van der Waals surface area contributed by atoms with E-state index in [1.54, 1.807) is 4.52 Å². The summed E-state index contributed by atoms with van der Waals surface area (Å²) in [6, 6.07) is 5.99. The Labute approximate surface area is 158 Å². The summed E-state index contributed by atoms with van der Waals surface area (Å²) in [5.74, 6) is 1.60. The van der Waals surface area contributed by atoms with Gasteiger partial charge in [-0.25, -0.2) is 14.3 Å². The molecule has 0 atom stereocenters. The second-order valence-electron chi connectivity index (χ2n) is 7.20. The van der Waals surface area contributed by atoms with Gasteiger partial charge in [-0.05, 0) is 51.2 Å². The molecule has 0 bridgehead atoms. The molecule has 1 aliphatic carbocycles. The number of pyridine rings is 1. The molecular formula is C20H23N7. The average molecular weight is 361 g/mol. The van der Waals surface area contributed by atoms with Gasteiger partial charge in [0.05, 0.1) is 12.3 Å². The summed E-state index contributed by atoms with van der Waals surface area (Å²) in [7, 11) is 0. The van der Waals surface area contributed by atoms with Gasteiger partial charge < -0.3 is 11.1 Å². The SMILES string of the molecule is [C-]#[N+]c1c(NCCc2cccc(C)n2)nc2c(CC3CC3)c(C)nn2c1N. The molecule has 0 radical (unpaired) electrons. The molecule has 3 N–H and O–H groups in total. The lowest BCUT2D eigenvalue weighted by atomic mass is 10.1. The normalized spacial score (nSPS) is 13.7. The number of aryl methyl sites for hydroxylation is 2. The van der Waals surface area contributed by atoms with Crippen molar-refractivity contribution in [1.82, 2.24) is 19.6 Å². The van der Waals surface area contributed by atoms with Gasteiger partial charge in [0.1, 0.15) is 11.6 Å². The van der Waals surface area contributed by atoms with Crippen LogP contribution >= 0.6 is 0 Å². The molecule has 0 spiro atoms. The number of aromatic nitrogens is 4. The summed E-state index contributed by atoms with van der Waals surface area (Å²) < 4.78 is 1.62. The summed E-state index contributed by atoms with van der Waals surface area (Å²) in [5.41, 5.74) is 11.4. The average Bonchev–Trinajstić information content (AvgIpc) is 3.40. The molecule has 3 aromatic rings. The molecule has 27 heavy (non-hydrogen) atoms. The second-order valence-corrected chi connectivity index (χ2v) is 7.20. The van der Waals surface area contributed by atoms with Gasteiger partial charge in [-0.1, -0.05) is 6.07 Å². The molecule has 0 saturated heterocycles. The summed E-state index contributed by atoms with van der Waals surface area (Å²) in [4.78, 5) is 12.8. The second kappa shape index (κ2) is 6.88. The Morgan fingerprint density at radius 1 is 1.30 bits per heavy atom. The minimum absolute atomic E-state index is 0.320. The van der Waals surface area contributed by atoms with Crippen LogP contribution in [0.25, 0.3) is 10.5 Å². The van der Waals surface area contributed by atoms with Gasteiger partial charge >= 0.3 is 0 Å². The third-order valence-electron chi connectivity index (χ3n) is 4.99. The zero-order valence-electron chi connectivity index (χ0n) is 15.7. The Hall–Kier alpha value is -3.14. The Morgan fingerprint density at radius 3 is 2.81 bits per heavy atom. The molecule has 7 heteroatoms. The first-order valence-corrected chi connectivity index (χ1v) is 9.28. The van der Waals surface area contributed by atoms with Crippen molar-refractivity contribution < 1.29 is 0 Å². The largest absolute Gasteiger partial charge is 0.392 e. The first-order valence-electron chi connectivity index (χ1n) is 9.28. The third-order valence-corrected chi connectivity index (χ3v) is 4.99. The molecule has 138 valence electrons. The van der Waals surface area contributed by atoms with Crippen molar-refractivity contribution in [2.45, 2.75) is 39.5 Å². The number of hydrogen-bond acceptors (Lipinski definition) is 5. The van der Waals surface area contributed by atoms with E-state index >= 15 is 0 Å². The molecular weight excluding hydrogens is 338 g/mol.